The highest BCUT2D eigenvalue weighted by molar-refractivity contribution is 9.10. The third-order valence-corrected chi connectivity index (χ3v) is 5.35. The number of H-pyrrole nitrogens is 1. The molecule has 0 aliphatic rings. The molecule has 156 valence electrons. The van der Waals surface area contributed by atoms with Gasteiger partial charge in [-0.15, -0.1) is 0 Å². The van der Waals surface area contributed by atoms with E-state index in [9.17, 15) is 14.7 Å². The highest BCUT2D eigenvalue weighted by atomic mass is 79.9. The molecule has 1 atom stereocenters. The minimum atomic E-state index is -1.11. The predicted molar refractivity (Wildman–Crippen MR) is 122 cm³/mol. The van der Waals surface area contributed by atoms with Crippen molar-refractivity contribution < 1.29 is 19.4 Å². The van der Waals surface area contributed by atoms with E-state index in [0.717, 1.165) is 20.9 Å². The highest BCUT2D eigenvalue weighted by Gasteiger charge is 2.24. The van der Waals surface area contributed by atoms with E-state index in [-0.39, 0.29) is 12.0 Å². The van der Waals surface area contributed by atoms with Crippen LogP contribution in [-0.2, 0) is 11.2 Å². The van der Waals surface area contributed by atoms with E-state index in [1.165, 1.54) is 0 Å². The number of fused-ring (bicyclic) bond motifs is 1. The van der Waals surface area contributed by atoms with Gasteiger partial charge in [-0.05, 0) is 42.0 Å². The van der Waals surface area contributed by atoms with E-state index in [2.05, 4.69) is 26.2 Å². The summed E-state index contributed by atoms with van der Waals surface area (Å²) in [5, 5.41) is 13.3. The van der Waals surface area contributed by atoms with Gasteiger partial charge in [0.25, 0.3) is 5.91 Å². The standard InChI is InChI=1S/C24H19BrN2O4/c25-16-10-11-18-15(14-26-20(18)13-16)12-21(24(29)30)27-23(28)19-8-4-5-9-22(19)31-17-6-2-1-3-7-17/h1-11,13-14,21,26H,12H2,(H,27,28)(H,29,30)/t21-/m0/s1. The molecule has 0 aliphatic heterocycles. The molecule has 0 fully saturated rings. The van der Waals surface area contributed by atoms with Crippen LogP contribution in [0.4, 0.5) is 0 Å². The largest absolute Gasteiger partial charge is 0.480 e. The highest BCUT2D eigenvalue weighted by Crippen LogP contribution is 2.26. The fourth-order valence-electron chi connectivity index (χ4n) is 3.34. The topological polar surface area (TPSA) is 91.4 Å². The van der Waals surface area contributed by atoms with E-state index in [4.69, 9.17) is 4.74 Å². The van der Waals surface area contributed by atoms with Crippen molar-refractivity contribution in [3.63, 3.8) is 0 Å². The summed E-state index contributed by atoms with van der Waals surface area (Å²) >= 11 is 3.42. The Morgan fingerprint density at radius 2 is 1.77 bits per heavy atom. The molecule has 0 bridgehead atoms. The van der Waals surface area contributed by atoms with Crippen LogP contribution in [0.1, 0.15) is 15.9 Å². The lowest BCUT2D eigenvalue weighted by atomic mass is 10.0. The second-order valence-electron chi connectivity index (χ2n) is 6.98. The van der Waals surface area contributed by atoms with Crippen molar-refractivity contribution in [3.8, 4) is 11.5 Å². The average molecular weight is 479 g/mol. The van der Waals surface area contributed by atoms with Gasteiger partial charge >= 0.3 is 5.97 Å². The molecule has 0 saturated heterocycles. The van der Waals surface area contributed by atoms with E-state index < -0.39 is 17.9 Å². The summed E-state index contributed by atoms with van der Waals surface area (Å²) in [5.41, 5.74) is 1.96. The van der Waals surface area contributed by atoms with Crippen LogP contribution in [0.5, 0.6) is 11.5 Å². The number of nitrogens with one attached hydrogen (secondary N) is 2. The fourth-order valence-corrected chi connectivity index (χ4v) is 3.70. The van der Waals surface area contributed by atoms with Crippen LogP contribution in [-0.4, -0.2) is 28.0 Å². The number of carbonyl (C=O) groups excluding carboxylic acids is 1. The monoisotopic (exact) mass is 478 g/mol. The first kappa shape index (κ1) is 20.7. The summed E-state index contributed by atoms with van der Waals surface area (Å²) < 4.78 is 6.75. The van der Waals surface area contributed by atoms with Gasteiger partial charge < -0.3 is 20.1 Å². The minimum absolute atomic E-state index is 0.143. The number of hydrogen-bond acceptors (Lipinski definition) is 3. The van der Waals surface area contributed by atoms with Gasteiger partial charge in [0.05, 0.1) is 5.56 Å². The van der Waals surface area contributed by atoms with Crippen LogP contribution < -0.4 is 10.1 Å². The van der Waals surface area contributed by atoms with E-state index in [0.29, 0.717) is 11.5 Å². The number of aromatic nitrogens is 1. The molecule has 4 rings (SSSR count). The lowest BCUT2D eigenvalue weighted by molar-refractivity contribution is -0.139. The zero-order chi connectivity index (χ0) is 21.8. The number of para-hydroxylation sites is 2. The maximum atomic E-state index is 12.9. The number of rotatable bonds is 7. The van der Waals surface area contributed by atoms with Gasteiger partial charge in [0.15, 0.2) is 0 Å². The number of benzene rings is 3. The van der Waals surface area contributed by atoms with Crippen LogP contribution in [0.15, 0.2) is 83.5 Å². The molecule has 1 amide bonds. The number of amides is 1. The predicted octanol–water partition coefficient (Wildman–Crippen LogP) is 5.15. The summed E-state index contributed by atoms with van der Waals surface area (Å²) in [6.07, 6.45) is 1.91. The third kappa shape index (κ3) is 4.78. The van der Waals surface area contributed by atoms with Crippen molar-refractivity contribution in [2.75, 3.05) is 0 Å². The molecule has 7 heteroatoms. The van der Waals surface area contributed by atoms with E-state index in [1.807, 2.05) is 36.4 Å². The quantitative estimate of drug-likeness (QED) is 0.342. The Hall–Kier alpha value is -3.58. The Bertz CT molecular complexity index is 1240. The first-order valence-electron chi connectivity index (χ1n) is 9.62. The molecule has 0 aliphatic carbocycles. The van der Waals surface area contributed by atoms with Crippen molar-refractivity contribution in [1.82, 2.24) is 10.3 Å². The molecule has 1 aromatic heterocycles. The Labute approximate surface area is 187 Å². The number of ether oxygens (including phenoxy) is 1. The SMILES string of the molecule is O=C(N[C@@H](Cc1c[nH]c2cc(Br)ccc12)C(=O)O)c1ccccc1Oc1ccccc1. The van der Waals surface area contributed by atoms with Crippen LogP contribution in [0.25, 0.3) is 10.9 Å². The number of carboxylic acid groups (broad SMARTS) is 1. The summed E-state index contributed by atoms with van der Waals surface area (Å²) in [4.78, 5) is 28.0. The van der Waals surface area contributed by atoms with Gasteiger partial charge in [0, 0.05) is 28.0 Å². The zero-order valence-corrected chi connectivity index (χ0v) is 17.9. The maximum absolute atomic E-state index is 12.9. The molecule has 3 aromatic carbocycles. The fraction of sp³-hybridized carbons (Fsp3) is 0.0833. The Morgan fingerprint density at radius 3 is 2.55 bits per heavy atom. The van der Waals surface area contributed by atoms with Crippen molar-refractivity contribution in [2.45, 2.75) is 12.5 Å². The van der Waals surface area contributed by atoms with Crippen molar-refractivity contribution in [3.05, 3.63) is 94.6 Å². The van der Waals surface area contributed by atoms with E-state index in [1.54, 1.807) is 42.6 Å². The third-order valence-electron chi connectivity index (χ3n) is 4.86. The number of carboxylic acids is 1. The second-order valence-corrected chi connectivity index (χ2v) is 7.90. The molecule has 0 radical (unpaired) electrons. The molecule has 4 aromatic rings. The molecule has 31 heavy (non-hydrogen) atoms. The normalized spacial score (nSPS) is 11.8. The van der Waals surface area contributed by atoms with Crippen LogP contribution in [0.3, 0.4) is 0 Å². The smallest absolute Gasteiger partial charge is 0.326 e. The van der Waals surface area contributed by atoms with Crippen LogP contribution >= 0.6 is 15.9 Å². The van der Waals surface area contributed by atoms with Gasteiger partial charge in [-0.1, -0.05) is 52.3 Å². The molecule has 1 heterocycles. The van der Waals surface area contributed by atoms with Crippen molar-refractivity contribution in [1.29, 1.82) is 0 Å². The van der Waals surface area contributed by atoms with Crippen molar-refractivity contribution >= 4 is 38.7 Å². The van der Waals surface area contributed by atoms with Crippen molar-refractivity contribution in [2.24, 2.45) is 0 Å². The summed E-state index contributed by atoms with van der Waals surface area (Å²) in [7, 11) is 0. The molecular weight excluding hydrogens is 460 g/mol. The Kier molecular flexibility index (Phi) is 6.04. The maximum Gasteiger partial charge on any atom is 0.326 e. The minimum Gasteiger partial charge on any atom is -0.480 e. The number of aliphatic carboxylic acids is 1. The zero-order valence-electron chi connectivity index (χ0n) is 16.3. The van der Waals surface area contributed by atoms with Gasteiger partial charge in [-0.3, -0.25) is 4.79 Å². The lowest BCUT2D eigenvalue weighted by Crippen LogP contribution is -2.42. The van der Waals surface area contributed by atoms with Gasteiger partial charge in [-0.25, -0.2) is 4.79 Å². The second kappa shape index (κ2) is 9.06. The van der Waals surface area contributed by atoms with Crippen LogP contribution in [0.2, 0.25) is 0 Å². The molecule has 0 unspecified atom stereocenters. The molecule has 6 nitrogen and oxygen atoms in total. The lowest BCUT2D eigenvalue weighted by Gasteiger charge is -2.16. The molecule has 3 N–H and O–H groups in total. The van der Waals surface area contributed by atoms with Crippen LogP contribution in [0, 0.1) is 0 Å². The van der Waals surface area contributed by atoms with Gasteiger partial charge in [0.1, 0.15) is 17.5 Å². The Morgan fingerprint density at radius 1 is 1.03 bits per heavy atom. The number of halogens is 1. The summed E-state index contributed by atoms with van der Waals surface area (Å²) in [6.45, 7) is 0. The Balaban J connectivity index is 1.55. The summed E-state index contributed by atoms with van der Waals surface area (Å²) in [6, 6.07) is 20.5. The van der Waals surface area contributed by atoms with Gasteiger partial charge in [0.2, 0.25) is 0 Å². The molecular formula is C24H19BrN2O4. The average Bonchev–Trinajstić information content (AvgIpc) is 3.16. The summed E-state index contributed by atoms with van der Waals surface area (Å²) in [5.74, 6) is -0.683. The first-order valence-corrected chi connectivity index (χ1v) is 10.4. The van der Waals surface area contributed by atoms with Gasteiger partial charge in [-0.2, -0.15) is 0 Å². The number of aromatic amines is 1. The molecule has 0 spiro atoms. The van der Waals surface area contributed by atoms with E-state index >= 15 is 0 Å². The number of carbonyl (C=O) groups is 2. The number of hydrogen-bond donors (Lipinski definition) is 3. The molecule has 0 saturated carbocycles. The first-order chi connectivity index (χ1) is 15.0.